The first-order valence-electron chi connectivity index (χ1n) is 6.49. The molecule has 2 rings (SSSR count). The number of unbranched alkanes of at least 4 members (excludes halogenated alkanes) is 1. The summed E-state index contributed by atoms with van der Waals surface area (Å²) in [6.45, 7) is 5.52. The molecule has 0 radical (unpaired) electrons. The van der Waals surface area contributed by atoms with Crippen LogP contribution in [0.25, 0.3) is 11.0 Å². The van der Waals surface area contributed by atoms with Crippen LogP contribution in [-0.2, 0) is 17.9 Å². The van der Waals surface area contributed by atoms with E-state index < -0.39 is 0 Å². The maximum absolute atomic E-state index is 8.66. The van der Waals surface area contributed by atoms with Gasteiger partial charge in [-0.3, -0.25) is 0 Å². The molecule has 0 atom stereocenters. The van der Waals surface area contributed by atoms with E-state index in [2.05, 4.69) is 41.6 Å². The van der Waals surface area contributed by atoms with Gasteiger partial charge in [-0.1, -0.05) is 0 Å². The lowest BCUT2D eigenvalue weighted by Gasteiger charge is -2.08. The highest BCUT2D eigenvalue weighted by Gasteiger charge is 2.11. The molecule has 0 amide bonds. The second kappa shape index (κ2) is 5.85. The average Bonchev–Trinajstić information content (AvgIpc) is 2.69. The lowest BCUT2D eigenvalue weighted by Crippen LogP contribution is -2.05. The van der Waals surface area contributed by atoms with E-state index in [0.29, 0.717) is 13.0 Å². The second-order valence-electron chi connectivity index (χ2n) is 4.80. The van der Waals surface area contributed by atoms with Crippen molar-refractivity contribution in [2.75, 3.05) is 7.11 Å². The van der Waals surface area contributed by atoms with Gasteiger partial charge in [0.1, 0.15) is 12.4 Å². The van der Waals surface area contributed by atoms with Gasteiger partial charge in [0.25, 0.3) is 0 Å². The highest BCUT2D eigenvalue weighted by Crippen LogP contribution is 2.21. The van der Waals surface area contributed by atoms with E-state index in [4.69, 9.17) is 10.00 Å². The molecule has 100 valence electrons. The number of hydrogen-bond acceptors (Lipinski definition) is 3. The van der Waals surface area contributed by atoms with Crippen molar-refractivity contribution >= 4 is 11.0 Å². The van der Waals surface area contributed by atoms with Crippen LogP contribution in [0.1, 0.15) is 29.8 Å². The minimum atomic E-state index is 0.499. The summed E-state index contributed by atoms with van der Waals surface area (Å²) in [5.41, 5.74) is 4.65. The van der Waals surface area contributed by atoms with Crippen molar-refractivity contribution in [2.45, 2.75) is 39.8 Å². The molecule has 0 aliphatic heterocycles. The van der Waals surface area contributed by atoms with Crippen LogP contribution >= 0.6 is 0 Å². The summed E-state index contributed by atoms with van der Waals surface area (Å²) >= 11 is 0. The lowest BCUT2D eigenvalue weighted by molar-refractivity contribution is 0.174. The molecule has 0 saturated heterocycles. The number of rotatable bonds is 5. The molecule has 0 aliphatic carbocycles. The fraction of sp³-hybridized carbons (Fsp3) is 0.467. The van der Waals surface area contributed by atoms with Gasteiger partial charge >= 0.3 is 0 Å². The fourth-order valence-corrected chi connectivity index (χ4v) is 2.23. The zero-order valence-electron chi connectivity index (χ0n) is 11.7. The van der Waals surface area contributed by atoms with Gasteiger partial charge in [0, 0.05) is 20.1 Å². The molecule has 4 heteroatoms. The van der Waals surface area contributed by atoms with Crippen LogP contribution < -0.4 is 0 Å². The van der Waals surface area contributed by atoms with Gasteiger partial charge in [-0.05, 0) is 43.5 Å². The fourth-order valence-electron chi connectivity index (χ4n) is 2.23. The number of aromatic nitrogens is 2. The molecule has 19 heavy (non-hydrogen) atoms. The van der Waals surface area contributed by atoms with Gasteiger partial charge in [-0.25, -0.2) is 4.98 Å². The number of nitriles is 1. The average molecular weight is 257 g/mol. The van der Waals surface area contributed by atoms with Crippen LogP contribution in [0.5, 0.6) is 0 Å². The second-order valence-corrected chi connectivity index (χ2v) is 4.80. The van der Waals surface area contributed by atoms with Gasteiger partial charge < -0.3 is 9.30 Å². The molecular weight excluding hydrogens is 238 g/mol. The largest absolute Gasteiger partial charge is 0.377 e. The predicted molar refractivity (Wildman–Crippen MR) is 74.8 cm³/mol. The Labute approximate surface area is 113 Å². The molecule has 1 aromatic carbocycles. The molecule has 2 aromatic rings. The van der Waals surface area contributed by atoms with Crippen LogP contribution in [0.2, 0.25) is 0 Å². The SMILES string of the molecule is COCc1nc2cc(C)c(C)cc2n1CCCC#N. The number of ether oxygens (including phenoxy) is 1. The van der Waals surface area contributed by atoms with E-state index >= 15 is 0 Å². The molecule has 0 N–H and O–H groups in total. The molecule has 1 aromatic heterocycles. The van der Waals surface area contributed by atoms with Gasteiger partial charge in [0.05, 0.1) is 17.1 Å². The predicted octanol–water partition coefficient (Wildman–Crippen LogP) is 3.10. The lowest BCUT2D eigenvalue weighted by atomic mass is 10.1. The quantitative estimate of drug-likeness (QED) is 0.773. The van der Waals surface area contributed by atoms with Crippen molar-refractivity contribution in [1.82, 2.24) is 9.55 Å². The number of fused-ring (bicyclic) bond motifs is 1. The Morgan fingerprint density at radius 3 is 2.74 bits per heavy atom. The highest BCUT2D eigenvalue weighted by atomic mass is 16.5. The first-order chi connectivity index (χ1) is 9.17. The van der Waals surface area contributed by atoms with Crippen molar-refractivity contribution in [2.24, 2.45) is 0 Å². The molecule has 4 nitrogen and oxygen atoms in total. The zero-order chi connectivity index (χ0) is 13.8. The van der Waals surface area contributed by atoms with E-state index in [1.54, 1.807) is 7.11 Å². The van der Waals surface area contributed by atoms with Crippen LogP contribution in [-0.4, -0.2) is 16.7 Å². The summed E-state index contributed by atoms with van der Waals surface area (Å²) in [6.07, 6.45) is 1.41. The van der Waals surface area contributed by atoms with Gasteiger partial charge in [-0.2, -0.15) is 5.26 Å². The Bertz CT molecular complexity index is 622. The summed E-state index contributed by atoms with van der Waals surface area (Å²) < 4.78 is 7.39. The number of benzene rings is 1. The molecule has 0 spiro atoms. The summed E-state index contributed by atoms with van der Waals surface area (Å²) in [7, 11) is 1.68. The number of hydrogen-bond donors (Lipinski definition) is 0. The van der Waals surface area contributed by atoms with Crippen molar-refractivity contribution in [1.29, 1.82) is 5.26 Å². The zero-order valence-corrected chi connectivity index (χ0v) is 11.7. The molecule has 0 fully saturated rings. The third-order valence-corrected chi connectivity index (χ3v) is 3.39. The third kappa shape index (κ3) is 2.77. The molecule has 0 aliphatic rings. The van der Waals surface area contributed by atoms with Gasteiger partial charge in [0.15, 0.2) is 0 Å². The first-order valence-corrected chi connectivity index (χ1v) is 6.49. The Hall–Kier alpha value is -1.86. The minimum Gasteiger partial charge on any atom is -0.377 e. The first kappa shape index (κ1) is 13.6. The van der Waals surface area contributed by atoms with E-state index in [-0.39, 0.29) is 0 Å². The molecule has 0 bridgehead atoms. The number of aryl methyl sites for hydroxylation is 3. The van der Waals surface area contributed by atoms with Crippen LogP contribution in [0, 0.1) is 25.2 Å². The summed E-state index contributed by atoms with van der Waals surface area (Å²) in [4.78, 5) is 4.64. The monoisotopic (exact) mass is 257 g/mol. The smallest absolute Gasteiger partial charge is 0.135 e. The van der Waals surface area contributed by atoms with Crippen molar-refractivity contribution < 1.29 is 4.74 Å². The Morgan fingerprint density at radius 2 is 2.05 bits per heavy atom. The van der Waals surface area contributed by atoms with Crippen LogP contribution in [0.3, 0.4) is 0 Å². The number of imidazole rings is 1. The minimum absolute atomic E-state index is 0.499. The van der Waals surface area contributed by atoms with E-state index in [0.717, 1.165) is 29.8 Å². The Morgan fingerprint density at radius 1 is 1.32 bits per heavy atom. The summed E-state index contributed by atoms with van der Waals surface area (Å²) in [5.74, 6) is 0.931. The maximum atomic E-state index is 8.66. The van der Waals surface area contributed by atoms with E-state index in [1.165, 1.54) is 11.1 Å². The third-order valence-electron chi connectivity index (χ3n) is 3.39. The van der Waals surface area contributed by atoms with Crippen molar-refractivity contribution in [3.8, 4) is 6.07 Å². The molecule has 1 heterocycles. The molecular formula is C15H19N3O. The summed E-state index contributed by atoms with van der Waals surface area (Å²) in [6, 6.07) is 6.47. The molecule has 0 unspecified atom stereocenters. The number of methoxy groups -OCH3 is 1. The normalized spacial score (nSPS) is 10.8. The maximum Gasteiger partial charge on any atom is 0.135 e. The van der Waals surface area contributed by atoms with Gasteiger partial charge in [-0.15, -0.1) is 0 Å². The Balaban J connectivity index is 2.46. The van der Waals surface area contributed by atoms with E-state index in [9.17, 15) is 0 Å². The standard InChI is InChI=1S/C15H19N3O/c1-11-8-13-14(9-12(11)2)18(7-5-4-6-16)15(17-13)10-19-3/h8-9H,4-5,7,10H2,1-3H3. The van der Waals surface area contributed by atoms with Gasteiger partial charge in [0.2, 0.25) is 0 Å². The van der Waals surface area contributed by atoms with Crippen LogP contribution in [0.15, 0.2) is 12.1 Å². The molecule has 0 saturated carbocycles. The topological polar surface area (TPSA) is 50.8 Å². The highest BCUT2D eigenvalue weighted by molar-refractivity contribution is 5.78. The van der Waals surface area contributed by atoms with E-state index in [1.807, 2.05) is 0 Å². The van der Waals surface area contributed by atoms with Crippen molar-refractivity contribution in [3.63, 3.8) is 0 Å². The Kier molecular flexibility index (Phi) is 4.18. The van der Waals surface area contributed by atoms with Crippen LogP contribution in [0.4, 0.5) is 0 Å². The van der Waals surface area contributed by atoms with Crippen molar-refractivity contribution in [3.05, 3.63) is 29.1 Å². The summed E-state index contributed by atoms with van der Waals surface area (Å²) in [5, 5.41) is 8.66. The number of nitrogens with zero attached hydrogens (tertiary/aromatic N) is 3.